The zero-order valence-electron chi connectivity index (χ0n) is 14.2. The Balaban J connectivity index is 1.87. The molecule has 0 radical (unpaired) electrons. The van der Waals surface area contributed by atoms with Crippen molar-refractivity contribution in [3.05, 3.63) is 54.0 Å². The van der Waals surface area contributed by atoms with Crippen molar-refractivity contribution < 1.29 is 23.9 Å². The van der Waals surface area contributed by atoms with E-state index in [4.69, 9.17) is 4.42 Å². The lowest BCUT2D eigenvalue weighted by molar-refractivity contribution is -0.305. The molecule has 136 valence electrons. The number of hydrogen-bond acceptors (Lipinski definition) is 6. The molecule has 8 heteroatoms. The fourth-order valence-electron chi connectivity index (χ4n) is 2.07. The fourth-order valence-corrected chi connectivity index (χ4v) is 2.07. The van der Waals surface area contributed by atoms with Gasteiger partial charge in [0.05, 0.1) is 12.0 Å². The van der Waals surface area contributed by atoms with Crippen LogP contribution in [0.2, 0.25) is 0 Å². The molecule has 0 saturated carbocycles. The molecule has 1 aromatic heterocycles. The predicted octanol–water partition coefficient (Wildman–Crippen LogP) is 1.29. The molecule has 1 heterocycles. The van der Waals surface area contributed by atoms with E-state index < -0.39 is 11.9 Å². The zero-order valence-corrected chi connectivity index (χ0v) is 14.2. The molecule has 8 nitrogen and oxygen atoms in total. The number of nitrogens with zero attached hydrogens (tertiary/aromatic N) is 1. The van der Waals surface area contributed by atoms with Crippen molar-refractivity contribution in [3.63, 3.8) is 0 Å². The largest absolute Gasteiger partial charge is 0.550 e. The highest BCUT2D eigenvalue weighted by Crippen LogP contribution is 2.11. The number of rotatable bonds is 8. The first kappa shape index (κ1) is 18.9. The molecule has 0 atom stereocenters. The molecule has 1 aromatic carbocycles. The van der Waals surface area contributed by atoms with Gasteiger partial charge in [-0.2, -0.15) is 5.10 Å². The lowest BCUT2D eigenvalue weighted by atomic mass is 10.1. The van der Waals surface area contributed by atoms with Crippen LogP contribution in [0.4, 0.5) is 5.69 Å². The molecule has 2 N–H and O–H groups in total. The van der Waals surface area contributed by atoms with E-state index in [1.807, 2.05) is 0 Å². The van der Waals surface area contributed by atoms with E-state index in [-0.39, 0.29) is 30.9 Å². The van der Waals surface area contributed by atoms with Gasteiger partial charge in [-0.15, -0.1) is 0 Å². The van der Waals surface area contributed by atoms with Crippen LogP contribution in [0.15, 0.2) is 52.2 Å². The number of carbonyl (C=O) groups is 3. The lowest BCUT2D eigenvalue weighted by Crippen LogP contribution is -2.22. The lowest BCUT2D eigenvalue weighted by Gasteiger charge is -2.07. The third kappa shape index (κ3) is 5.90. The van der Waals surface area contributed by atoms with Gasteiger partial charge in [-0.3, -0.25) is 9.59 Å². The molecule has 2 rings (SSSR count). The van der Waals surface area contributed by atoms with Crippen molar-refractivity contribution in [2.75, 3.05) is 5.32 Å². The standard InChI is InChI=1S/C18H19N3O5/c1-12(20-21-18(25)15-4-3-11-26-15)13-7-9-14(10-8-13)19-16(22)5-2-6-17(23)24/h3-4,7-11H,2,5-6H2,1H3,(H,19,22)(H,21,25)(H,23,24)/p-1/b20-12+. The number of hydrazone groups is 1. The highest BCUT2D eigenvalue weighted by molar-refractivity contribution is 6.01. The minimum Gasteiger partial charge on any atom is -0.550 e. The number of aliphatic carboxylic acids is 1. The minimum absolute atomic E-state index is 0.106. The molecule has 0 aliphatic rings. The van der Waals surface area contributed by atoms with Gasteiger partial charge in [0.25, 0.3) is 0 Å². The van der Waals surface area contributed by atoms with Crippen molar-refractivity contribution >= 4 is 29.2 Å². The molecule has 0 spiro atoms. The summed E-state index contributed by atoms with van der Waals surface area (Å²) < 4.78 is 4.97. The Bertz CT molecular complexity index is 795. The maximum Gasteiger partial charge on any atom is 0.307 e. The predicted molar refractivity (Wildman–Crippen MR) is 92.3 cm³/mol. The van der Waals surface area contributed by atoms with E-state index in [0.717, 1.165) is 5.56 Å². The highest BCUT2D eigenvalue weighted by atomic mass is 16.4. The Morgan fingerprint density at radius 1 is 1.12 bits per heavy atom. The van der Waals surface area contributed by atoms with Crippen LogP contribution in [0.3, 0.4) is 0 Å². The second-order valence-corrected chi connectivity index (χ2v) is 5.47. The van der Waals surface area contributed by atoms with Crippen molar-refractivity contribution in [1.29, 1.82) is 0 Å². The molecule has 2 amide bonds. The first-order valence-corrected chi connectivity index (χ1v) is 7.94. The van der Waals surface area contributed by atoms with Gasteiger partial charge >= 0.3 is 5.91 Å². The summed E-state index contributed by atoms with van der Waals surface area (Å²) in [5.74, 6) is -1.72. The van der Waals surface area contributed by atoms with Gasteiger partial charge in [0.1, 0.15) is 0 Å². The Kier molecular flexibility index (Phi) is 6.67. The van der Waals surface area contributed by atoms with Crippen molar-refractivity contribution in [2.24, 2.45) is 5.10 Å². The van der Waals surface area contributed by atoms with E-state index in [1.165, 1.54) is 12.3 Å². The first-order chi connectivity index (χ1) is 12.5. The van der Waals surface area contributed by atoms with Crippen molar-refractivity contribution in [2.45, 2.75) is 26.2 Å². The van der Waals surface area contributed by atoms with Gasteiger partial charge in [0.15, 0.2) is 5.76 Å². The number of anilines is 1. The van der Waals surface area contributed by atoms with Gasteiger partial charge in [0.2, 0.25) is 5.91 Å². The Morgan fingerprint density at radius 2 is 1.85 bits per heavy atom. The smallest absolute Gasteiger partial charge is 0.307 e. The van der Waals surface area contributed by atoms with E-state index in [2.05, 4.69) is 15.8 Å². The third-order valence-electron chi connectivity index (χ3n) is 3.44. The van der Waals surface area contributed by atoms with Gasteiger partial charge in [-0.05, 0) is 49.6 Å². The van der Waals surface area contributed by atoms with E-state index in [1.54, 1.807) is 37.3 Å². The van der Waals surface area contributed by atoms with Crippen LogP contribution < -0.4 is 15.8 Å². The molecule has 0 saturated heterocycles. The van der Waals surface area contributed by atoms with Crippen LogP contribution in [0.1, 0.15) is 42.3 Å². The Labute approximate surface area is 149 Å². The summed E-state index contributed by atoms with van der Waals surface area (Å²) >= 11 is 0. The summed E-state index contributed by atoms with van der Waals surface area (Å²) in [6.07, 6.45) is 1.59. The van der Waals surface area contributed by atoms with Crippen LogP contribution in [-0.2, 0) is 9.59 Å². The van der Waals surface area contributed by atoms with E-state index in [0.29, 0.717) is 11.4 Å². The monoisotopic (exact) mass is 356 g/mol. The number of hydrogen-bond donors (Lipinski definition) is 2. The molecule has 0 aliphatic carbocycles. The number of carboxylic acid groups (broad SMARTS) is 1. The van der Waals surface area contributed by atoms with Crippen LogP contribution >= 0.6 is 0 Å². The van der Waals surface area contributed by atoms with Gasteiger partial charge in [0, 0.05) is 18.1 Å². The summed E-state index contributed by atoms with van der Waals surface area (Å²) in [6.45, 7) is 1.73. The average Bonchev–Trinajstić information content (AvgIpc) is 3.14. The minimum atomic E-state index is -1.17. The molecule has 0 aliphatic heterocycles. The summed E-state index contributed by atoms with van der Waals surface area (Å²) in [5.41, 5.74) is 4.32. The van der Waals surface area contributed by atoms with Crippen LogP contribution in [-0.4, -0.2) is 23.5 Å². The number of nitrogens with one attached hydrogen (secondary N) is 2. The van der Waals surface area contributed by atoms with Gasteiger partial charge < -0.3 is 19.6 Å². The normalized spacial score (nSPS) is 11.0. The van der Waals surface area contributed by atoms with Gasteiger partial charge in [-0.25, -0.2) is 5.43 Å². The summed E-state index contributed by atoms with van der Waals surface area (Å²) in [4.78, 5) is 33.8. The Hall–Kier alpha value is -3.42. The number of benzene rings is 1. The summed E-state index contributed by atoms with van der Waals surface area (Å²) in [7, 11) is 0. The maximum absolute atomic E-state index is 11.7. The highest BCUT2D eigenvalue weighted by Gasteiger charge is 2.07. The SMILES string of the molecule is C/C(=N\NC(=O)c1ccco1)c1ccc(NC(=O)CCCC(=O)[O-])cc1. The molecular formula is C18H18N3O5-. The van der Waals surface area contributed by atoms with Crippen molar-refractivity contribution in [3.8, 4) is 0 Å². The van der Waals surface area contributed by atoms with Crippen molar-refractivity contribution in [1.82, 2.24) is 5.43 Å². The summed E-state index contributed by atoms with van der Waals surface area (Å²) in [5, 5.41) is 17.0. The molecule has 0 bridgehead atoms. The molecule has 26 heavy (non-hydrogen) atoms. The van der Waals surface area contributed by atoms with Gasteiger partial charge in [-0.1, -0.05) is 12.1 Å². The van der Waals surface area contributed by atoms with Crippen LogP contribution in [0, 0.1) is 0 Å². The topological polar surface area (TPSA) is 124 Å². The average molecular weight is 356 g/mol. The first-order valence-electron chi connectivity index (χ1n) is 7.94. The fraction of sp³-hybridized carbons (Fsp3) is 0.222. The molecule has 2 aromatic rings. The Morgan fingerprint density at radius 3 is 2.46 bits per heavy atom. The molecule has 0 unspecified atom stereocenters. The third-order valence-corrected chi connectivity index (χ3v) is 3.44. The summed E-state index contributed by atoms with van der Waals surface area (Å²) in [6, 6.07) is 10.0. The van der Waals surface area contributed by atoms with Crippen LogP contribution in [0.5, 0.6) is 0 Å². The molecular weight excluding hydrogens is 338 g/mol. The van der Waals surface area contributed by atoms with E-state index in [9.17, 15) is 19.5 Å². The number of amides is 2. The maximum atomic E-state index is 11.7. The quantitative estimate of drug-likeness (QED) is 0.545. The number of carbonyl (C=O) groups excluding carboxylic acids is 3. The van der Waals surface area contributed by atoms with E-state index >= 15 is 0 Å². The second kappa shape index (κ2) is 9.16. The number of furan rings is 1. The van der Waals surface area contributed by atoms with Crippen LogP contribution in [0.25, 0.3) is 0 Å². The molecule has 0 fully saturated rings. The zero-order chi connectivity index (χ0) is 18.9. The second-order valence-electron chi connectivity index (χ2n) is 5.47. The number of carboxylic acids is 1.